The largest absolute Gasteiger partial charge is 0.0622 e. The van der Waals surface area contributed by atoms with Gasteiger partial charge in [0.15, 0.2) is 0 Å². The maximum absolute atomic E-state index is 3.22. The molecule has 0 saturated carbocycles. The van der Waals surface area contributed by atoms with Crippen molar-refractivity contribution in [2.24, 2.45) is 0 Å². The molecule has 0 unspecified atom stereocenters. The third-order valence-electron chi connectivity index (χ3n) is 2.83. The summed E-state index contributed by atoms with van der Waals surface area (Å²) in [6.45, 7) is 0. The lowest BCUT2D eigenvalue weighted by molar-refractivity contribution is 1.64. The highest BCUT2D eigenvalue weighted by atomic mass is 14.0. The molecule has 0 nitrogen and oxygen atoms in total. The fourth-order valence-corrected chi connectivity index (χ4v) is 1.93. The van der Waals surface area contributed by atoms with E-state index in [0.717, 1.165) is 11.1 Å². The first-order valence-corrected chi connectivity index (χ1v) is 5.89. The van der Waals surface area contributed by atoms with Crippen molar-refractivity contribution in [2.75, 3.05) is 0 Å². The predicted octanol–water partition coefficient (Wildman–Crippen LogP) is 4.04. The van der Waals surface area contributed by atoms with Gasteiger partial charge < -0.3 is 0 Å². The molecule has 3 aromatic carbocycles. The zero-order valence-electron chi connectivity index (χ0n) is 9.85. The summed E-state index contributed by atoms with van der Waals surface area (Å²) >= 11 is 0. The summed E-state index contributed by atoms with van der Waals surface area (Å²) in [5, 5.41) is 2.36. The minimum atomic E-state index is 1.02. The first-order valence-electron chi connectivity index (χ1n) is 5.89. The molecule has 1 radical (unpaired) electrons. The second-order valence-corrected chi connectivity index (χ2v) is 4.07. The van der Waals surface area contributed by atoms with Crippen LogP contribution in [-0.4, -0.2) is 0 Å². The highest BCUT2D eigenvalue weighted by Gasteiger charge is 1.96. The summed E-state index contributed by atoms with van der Waals surface area (Å²) in [5.41, 5.74) is 2.06. The van der Waals surface area contributed by atoms with Gasteiger partial charge in [0.25, 0.3) is 0 Å². The molecule has 0 saturated heterocycles. The zero-order chi connectivity index (χ0) is 12.2. The van der Waals surface area contributed by atoms with Gasteiger partial charge in [0.2, 0.25) is 0 Å². The van der Waals surface area contributed by atoms with Gasteiger partial charge in [-0.2, -0.15) is 0 Å². The van der Waals surface area contributed by atoms with Crippen molar-refractivity contribution in [3.05, 3.63) is 83.9 Å². The van der Waals surface area contributed by atoms with Crippen LogP contribution in [0.2, 0.25) is 0 Å². The van der Waals surface area contributed by atoms with Gasteiger partial charge in [0.1, 0.15) is 0 Å². The Kier molecular flexibility index (Phi) is 2.82. The number of benzene rings is 3. The Morgan fingerprint density at radius 1 is 0.722 bits per heavy atom. The molecule has 0 atom stereocenters. The van der Waals surface area contributed by atoms with Crippen molar-refractivity contribution in [3.63, 3.8) is 0 Å². The Bertz CT molecular complexity index is 723. The van der Waals surface area contributed by atoms with Gasteiger partial charge in [-0.15, -0.1) is 0 Å². The normalized spacial score (nSPS) is 9.78. The van der Waals surface area contributed by atoms with Crippen LogP contribution >= 0.6 is 0 Å². The van der Waals surface area contributed by atoms with Crippen LogP contribution in [-0.2, 0) is 0 Å². The molecule has 0 N–H and O–H groups in total. The SMILES string of the molecule is C(#Cc1c[c]cc2ccccc12)c1ccccc1. The van der Waals surface area contributed by atoms with Crippen LogP contribution in [0.5, 0.6) is 0 Å². The van der Waals surface area contributed by atoms with Crippen molar-refractivity contribution < 1.29 is 0 Å². The van der Waals surface area contributed by atoms with E-state index < -0.39 is 0 Å². The first kappa shape index (κ1) is 10.6. The second kappa shape index (κ2) is 4.77. The Hall–Kier alpha value is -2.52. The maximum Gasteiger partial charge on any atom is 0.0333 e. The molecular formula is C18H11. The molecule has 18 heavy (non-hydrogen) atoms. The van der Waals surface area contributed by atoms with Crippen molar-refractivity contribution in [2.45, 2.75) is 0 Å². The lowest BCUT2D eigenvalue weighted by Crippen LogP contribution is -1.79. The summed E-state index contributed by atoms with van der Waals surface area (Å²) < 4.78 is 0. The number of hydrogen-bond donors (Lipinski definition) is 0. The molecule has 3 rings (SSSR count). The number of fused-ring (bicyclic) bond motifs is 1. The molecule has 0 heteroatoms. The van der Waals surface area contributed by atoms with Crippen LogP contribution in [0.3, 0.4) is 0 Å². The summed E-state index contributed by atoms with van der Waals surface area (Å²) in [6, 6.07) is 25.3. The minimum absolute atomic E-state index is 1.02. The van der Waals surface area contributed by atoms with Gasteiger partial charge >= 0.3 is 0 Å². The van der Waals surface area contributed by atoms with E-state index in [1.807, 2.05) is 54.6 Å². The van der Waals surface area contributed by atoms with Crippen LogP contribution in [0.25, 0.3) is 10.8 Å². The minimum Gasteiger partial charge on any atom is -0.0622 e. The number of hydrogen-bond acceptors (Lipinski definition) is 0. The fourth-order valence-electron chi connectivity index (χ4n) is 1.93. The summed E-state index contributed by atoms with van der Waals surface area (Å²) in [4.78, 5) is 0. The Morgan fingerprint density at radius 3 is 2.39 bits per heavy atom. The van der Waals surface area contributed by atoms with E-state index in [-0.39, 0.29) is 0 Å². The molecule has 0 aromatic heterocycles. The molecule has 0 aliphatic carbocycles. The quantitative estimate of drug-likeness (QED) is 0.508. The highest BCUT2D eigenvalue weighted by Crippen LogP contribution is 2.17. The smallest absolute Gasteiger partial charge is 0.0333 e. The monoisotopic (exact) mass is 227 g/mol. The van der Waals surface area contributed by atoms with E-state index in [1.165, 1.54) is 10.8 Å². The molecule has 0 spiro atoms. The molecule has 0 aliphatic heterocycles. The van der Waals surface area contributed by atoms with E-state index in [9.17, 15) is 0 Å². The zero-order valence-corrected chi connectivity index (χ0v) is 9.85. The molecule has 0 heterocycles. The molecule has 3 aromatic rings. The summed E-state index contributed by atoms with van der Waals surface area (Å²) in [7, 11) is 0. The first-order chi connectivity index (χ1) is 8.93. The predicted molar refractivity (Wildman–Crippen MR) is 75.2 cm³/mol. The Labute approximate surface area is 107 Å². The third-order valence-corrected chi connectivity index (χ3v) is 2.83. The van der Waals surface area contributed by atoms with Crippen LogP contribution < -0.4 is 0 Å². The maximum atomic E-state index is 3.22. The fraction of sp³-hybridized carbons (Fsp3) is 0. The third kappa shape index (κ3) is 2.12. The van der Waals surface area contributed by atoms with E-state index >= 15 is 0 Å². The second-order valence-electron chi connectivity index (χ2n) is 4.07. The van der Waals surface area contributed by atoms with Gasteiger partial charge in [-0.05, 0) is 41.1 Å². The van der Waals surface area contributed by atoms with Crippen LogP contribution in [0, 0.1) is 17.9 Å². The van der Waals surface area contributed by atoms with E-state index in [1.54, 1.807) is 0 Å². The summed E-state index contributed by atoms with van der Waals surface area (Å²) in [5.74, 6) is 6.41. The lowest BCUT2D eigenvalue weighted by Gasteiger charge is -1.98. The average molecular weight is 227 g/mol. The van der Waals surface area contributed by atoms with Gasteiger partial charge in [-0.3, -0.25) is 0 Å². The average Bonchev–Trinajstić information content (AvgIpc) is 2.46. The number of rotatable bonds is 0. The van der Waals surface area contributed by atoms with Gasteiger partial charge in [0, 0.05) is 11.1 Å². The van der Waals surface area contributed by atoms with E-state index in [0.29, 0.717) is 0 Å². The highest BCUT2D eigenvalue weighted by molar-refractivity contribution is 5.88. The van der Waals surface area contributed by atoms with Crippen LogP contribution in [0.1, 0.15) is 11.1 Å². The van der Waals surface area contributed by atoms with Crippen molar-refractivity contribution >= 4 is 10.8 Å². The molecule has 0 fully saturated rings. The standard InChI is InChI=1S/C18H11/c1-2-7-15(8-3-1)13-14-17-11-6-10-16-9-4-5-12-18(16)17/h1-5,7-12H. The van der Waals surface area contributed by atoms with Gasteiger partial charge in [-0.25, -0.2) is 0 Å². The van der Waals surface area contributed by atoms with Gasteiger partial charge in [-0.1, -0.05) is 54.3 Å². The van der Waals surface area contributed by atoms with Gasteiger partial charge in [0.05, 0.1) is 0 Å². The molecule has 83 valence electrons. The molecule has 0 bridgehead atoms. The molecular weight excluding hydrogens is 216 g/mol. The molecule has 0 amide bonds. The Morgan fingerprint density at radius 2 is 1.50 bits per heavy atom. The van der Waals surface area contributed by atoms with Crippen molar-refractivity contribution in [1.29, 1.82) is 0 Å². The lowest BCUT2D eigenvalue weighted by atomic mass is 10.0. The summed E-state index contributed by atoms with van der Waals surface area (Å²) in [6.07, 6.45) is 0. The van der Waals surface area contributed by atoms with Crippen molar-refractivity contribution in [1.82, 2.24) is 0 Å². The van der Waals surface area contributed by atoms with Crippen LogP contribution in [0.15, 0.2) is 66.7 Å². The van der Waals surface area contributed by atoms with E-state index in [2.05, 4.69) is 30.0 Å². The molecule has 0 aliphatic rings. The Balaban J connectivity index is 2.09. The topological polar surface area (TPSA) is 0 Å². The van der Waals surface area contributed by atoms with E-state index in [4.69, 9.17) is 0 Å². The van der Waals surface area contributed by atoms with Crippen LogP contribution in [0.4, 0.5) is 0 Å². The van der Waals surface area contributed by atoms with Crippen molar-refractivity contribution in [3.8, 4) is 11.8 Å².